The number of fused-ring (bicyclic) bond motifs is 1. The molecule has 1 fully saturated rings. The number of nitrogens with zero attached hydrogens (tertiary/aromatic N) is 3. The van der Waals surface area contributed by atoms with Crippen molar-refractivity contribution < 1.29 is 23.8 Å². The van der Waals surface area contributed by atoms with Crippen LogP contribution in [-0.2, 0) is 30.3 Å². The fourth-order valence-electron chi connectivity index (χ4n) is 3.30. The van der Waals surface area contributed by atoms with Crippen molar-refractivity contribution in [3.8, 4) is 0 Å². The molecule has 0 amide bonds. The molecule has 0 radical (unpaired) electrons. The maximum absolute atomic E-state index is 11.3. The van der Waals surface area contributed by atoms with E-state index in [1.165, 1.54) is 4.88 Å². The number of carbonyl (C=O) groups is 2. The van der Waals surface area contributed by atoms with Gasteiger partial charge in [0.2, 0.25) is 5.28 Å². The zero-order chi connectivity index (χ0) is 25.5. The third-order valence-corrected chi connectivity index (χ3v) is 6.21. The lowest BCUT2D eigenvalue weighted by Gasteiger charge is -2.28. The van der Waals surface area contributed by atoms with Crippen molar-refractivity contribution in [3.05, 3.63) is 16.2 Å². The van der Waals surface area contributed by atoms with Crippen molar-refractivity contribution in [2.24, 2.45) is 5.73 Å². The molecule has 13 heteroatoms. The van der Waals surface area contributed by atoms with E-state index in [1.54, 1.807) is 18.3 Å². The summed E-state index contributed by atoms with van der Waals surface area (Å²) in [6.45, 7) is 9.56. The van der Waals surface area contributed by atoms with E-state index in [0.29, 0.717) is 45.8 Å². The minimum absolute atomic E-state index is 0. The number of halogens is 2. The molecule has 3 N–H and O–H groups in total. The molecule has 0 bridgehead atoms. The van der Waals surface area contributed by atoms with Crippen LogP contribution in [0.25, 0.3) is 10.2 Å². The summed E-state index contributed by atoms with van der Waals surface area (Å²) in [6.07, 6.45) is 2.37. The first-order chi connectivity index (χ1) is 17.0. The van der Waals surface area contributed by atoms with E-state index in [2.05, 4.69) is 31.0 Å². The molecule has 0 aromatic carbocycles. The quantitative estimate of drug-likeness (QED) is 0.224. The number of nitrogens with one attached hydrogen (secondary N) is 1. The molecular formula is C23H37Cl2N5O5S. The van der Waals surface area contributed by atoms with Crippen LogP contribution in [0.1, 0.15) is 44.4 Å². The third-order valence-electron chi connectivity index (χ3n) is 4.92. The zero-order valence-corrected chi connectivity index (χ0v) is 23.3. The number of hydrogen-bond acceptors (Lipinski definition) is 11. The van der Waals surface area contributed by atoms with E-state index in [9.17, 15) is 9.59 Å². The number of aromatic nitrogens is 2. The highest BCUT2D eigenvalue weighted by Crippen LogP contribution is 2.33. The van der Waals surface area contributed by atoms with Crippen molar-refractivity contribution in [2.75, 3.05) is 57.5 Å². The molecule has 1 aliphatic rings. The van der Waals surface area contributed by atoms with Gasteiger partial charge in [-0.3, -0.25) is 9.59 Å². The second-order valence-corrected chi connectivity index (χ2v) is 9.10. The van der Waals surface area contributed by atoms with Crippen molar-refractivity contribution in [2.45, 2.75) is 46.1 Å². The number of esters is 2. The average Bonchev–Trinajstić information content (AvgIpc) is 3.26. The summed E-state index contributed by atoms with van der Waals surface area (Å²) in [5, 5.41) is 3.63. The molecule has 3 rings (SSSR count). The highest BCUT2D eigenvalue weighted by atomic mass is 35.5. The van der Waals surface area contributed by atoms with Crippen LogP contribution < -0.4 is 16.0 Å². The SMILES string of the molecule is CCOC(=O)CCCN.CCOC(=O)CCCNCc1cc2nc(Cl)nc(N3CCOCC3)c2s1.Cl. The van der Waals surface area contributed by atoms with Gasteiger partial charge in [-0.1, -0.05) is 0 Å². The van der Waals surface area contributed by atoms with Gasteiger partial charge in [-0.15, -0.1) is 23.7 Å². The lowest BCUT2D eigenvalue weighted by molar-refractivity contribution is -0.144. The number of ether oxygens (including phenoxy) is 3. The monoisotopic (exact) mass is 565 g/mol. The minimum atomic E-state index is -0.150. The summed E-state index contributed by atoms with van der Waals surface area (Å²) in [6, 6.07) is 2.05. The topological polar surface area (TPSA) is 129 Å². The van der Waals surface area contributed by atoms with Gasteiger partial charge in [0.1, 0.15) is 0 Å². The lowest BCUT2D eigenvalue weighted by Crippen LogP contribution is -2.36. The molecule has 0 spiro atoms. The van der Waals surface area contributed by atoms with Crippen LogP contribution in [0.2, 0.25) is 5.28 Å². The third kappa shape index (κ3) is 11.5. The maximum atomic E-state index is 11.3. The second-order valence-electron chi connectivity index (χ2n) is 7.63. The zero-order valence-electron chi connectivity index (χ0n) is 20.9. The van der Waals surface area contributed by atoms with Gasteiger partial charge in [-0.05, 0) is 57.4 Å². The van der Waals surface area contributed by atoms with Crippen LogP contribution in [-0.4, -0.2) is 74.5 Å². The molecule has 36 heavy (non-hydrogen) atoms. The standard InChI is InChI=1S/C17H23ClN4O3S.C6H13NO2.ClH/c1-2-25-14(23)4-3-5-19-11-12-10-13-15(26-12)16(21-17(18)20-13)22-6-8-24-9-7-22;1-2-9-6(8)4-3-5-7;/h10,19H,2-9,11H2,1H3;2-5,7H2,1H3;1H. The van der Waals surface area contributed by atoms with E-state index in [0.717, 1.165) is 55.1 Å². The molecule has 1 saturated heterocycles. The number of morpholine rings is 1. The van der Waals surface area contributed by atoms with E-state index in [4.69, 9.17) is 26.8 Å². The molecule has 0 saturated carbocycles. The molecule has 3 heterocycles. The molecule has 0 unspecified atom stereocenters. The Hall–Kier alpha value is -1.76. The van der Waals surface area contributed by atoms with E-state index in [-0.39, 0.29) is 29.6 Å². The highest BCUT2D eigenvalue weighted by molar-refractivity contribution is 7.19. The Balaban J connectivity index is 0.000000557. The Kier molecular flexibility index (Phi) is 16.6. The molecule has 2 aromatic heterocycles. The molecule has 204 valence electrons. The van der Waals surface area contributed by atoms with Crippen LogP contribution in [0.3, 0.4) is 0 Å². The number of anilines is 1. The Bertz CT molecular complexity index is 928. The lowest BCUT2D eigenvalue weighted by atomic mass is 10.3. The van der Waals surface area contributed by atoms with Gasteiger partial charge in [-0.2, -0.15) is 4.98 Å². The van der Waals surface area contributed by atoms with Crippen LogP contribution >= 0.6 is 35.3 Å². The van der Waals surface area contributed by atoms with Gasteiger partial charge in [0, 0.05) is 37.4 Å². The average molecular weight is 567 g/mol. The molecule has 1 aliphatic heterocycles. The fourth-order valence-corrected chi connectivity index (χ4v) is 4.55. The number of thiophene rings is 1. The number of rotatable bonds is 12. The normalized spacial score (nSPS) is 12.9. The van der Waals surface area contributed by atoms with Gasteiger partial charge in [0.15, 0.2) is 5.82 Å². The van der Waals surface area contributed by atoms with E-state index in [1.807, 2.05) is 6.92 Å². The smallest absolute Gasteiger partial charge is 0.305 e. The Labute approximate surface area is 227 Å². The molecular weight excluding hydrogens is 529 g/mol. The summed E-state index contributed by atoms with van der Waals surface area (Å²) < 4.78 is 16.0. The summed E-state index contributed by atoms with van der Waals surface area (Å²) >= 11 is 7.80. The Morgan fingerprint density at radius 2 is 1.78 bits per heavy atom. The minimum Gasteiger partial charge on any atom is -0.466 e. The van der Waals surface area contributed by atoms with Crippen LogP contribution in [0.15, 0.2) is 6.07 Å². The second kappa shape index (κ2) is 18.5. The highest BCUT2D eigenvalue weighted by Gasteiger charge is 2.19. The van der Waals surface area contributed by atoms with Crippen LogP contribution in [0.5, 0.6) is 0 Å². The first-order valence-corrected chi connectivity index (χ1v) is 13.2. The molecule has 0 aliphatic carbocycles. The van der Waals surface area contributed by atoms with Gasteiger partial charge in [0.25, 0.3) is 0 Å². The maximum Gasteiger partial charge on any atom is 0.305 e. The van der Waals surface area contributed by atoms with Crippen molar-refractivity contribution in [1.82, 2.24) is 15.3 Å². The summed E-state index contributed by atoms with van der Waals surface area (Å²) in [7, 11) is 0. The van der Waals surface area contributed by atoms with Gasteiger partial charge >= 0.3 is 11.9 Å². The number of carbonyl (C=O) groups excluding carboxylic acids is 2. The predicted octanol–water partition coefficient (Wildman–Crippen LogP) is 3.32. The largest absolute Gasteiger partial charge is 0.466 e. The van der Waals surface area contributed by atoms with Crippen LogP contribution in [0, 0.1) is 0 Å². The van der Waals surface area contributed by atoms with Crippen LogP contribution in [0.4, 0.5) is 5.82 Å². The fraction of sp³-hybridized carbons (Fsp3) is 0.652. The Morgan fingerprint density at radius 3 is 2.39 bits per heavy atom. The van der Waals surface area contributed by atoms with E-state index >= 15 is 0 Å². The first kappa shape index (κ1) is 32.3. The first-order valence-electron chi connectivity index (χ1n) is 12.0. The number of hydrogen-bond donors (Lipinski definition) is 2. The summed E-state index contributed by atoms with van der Waals surface area (Å²) in [5.74, 6) is 0.598. The van der Waals surface area contributed by atoms with Gasteiger partial charge in [-0.25, -0.2) is 4.98 Å². The summed E-state index contributed by atoms with van der Waals surface area (Å²) in [5.41, 5.74) is 6.04. The number of nitrogens with two attached hydrogens (primary N) is 1. The molecule has 2 aromatic rings. The van der Waals surface area contributed by atoms with E-state index < -0.39 is 0 Å². The Morgan fingerprint density at radius 1 is 1.14 bits per heavy atom. The van der Waals surface area contributed by atoms with Crippen molar-refractivity contribution in [1.29, 1.82) is 0 Å². The van der Waals surface area contributed by atoms with Gasteiger partial charge < -0.3 is 30.2 Å². The van der Waals surface area contributed by atoms with Crippen molar-refractivity contribution in [3.63, 3.8) is 0 Å². The summed E-state index contributed by atoms with van der Waals surface area (Å²) in [4.78, 5) is 34.0. The molecule has 0 atom stereocenters. The van der Waals surface area contributed by atoms with Crippen molar-refractivity contribution >= 4 is 63.3 Å². The van der Waals surface area contributed by atoms with Gasteiger partial charge in [0.05, 0.1) is 36.6 Å². The predicted molar refractivity (Wildman–Crippen MR) is 145 cm³/mol. The molecule has 10 nitrogen and oxygen atoms in total.